The lowest BCUT2D eigenvalue weighted by Crippen LogP contribution is -2.18. The predicted octanol–water partition coefficient (Wildman–Crippen LogP) is 4.01. The summed E-state index contributed by atoms with van der Waals surface area (Å²) >= 11 is 0. The monoisotopic (exact) mass is 266 g/mol. The number of hydrogen-bond donors (Lipinski definition) is 1. The lowest BCUT2D eigenvalue weighted by Gasteiger charge is -2.23. The summed E-state index contributed by atoms with van der Waals surface area (Å²) in [6.07, 6.45) is 2.66. The Bertz CT molecular complexity index is 570. The van der Waals surface area contributed by atoms with Gasteiger partial charge < -0.3 is 10.2 Å². The molecule has 0 spiro atoms. The van der Waals surface area contributed by atoms with E-state index in [9.17, 15) is 0 Å². The molecule has 0 saturated heterocycles. The second-order valence-corrected chi connectivity index (χ2v) is 5.68. The summed E-state index contributed by atoms with van der Waals surface area (Å²) < 4.78 is 0. The quantitative estimate of drug-likeness (QED) is 0.879. The molecule has 3 rings (SSSR count). The molecule has 0 radical (unpaired) electrons. The van der Waals surface area contributed by atoms with Gasteiger partial charge in [0.2, 0.25) is 0 Å². The topological polar surface area (TPSA) is 15.3 Å². The molecule has 1 N–H and O–H groups in total. The maximum Gasteiger partial charge on any atom is 0.0453 e. The van der Waals surface area contributed by atoms with E-state index in [0.29, 0.717) is 0 Å². The highest BCUT2D eigenvalue weighted by Gasteiger charge is 2.20. The predicted molar refractivity (Wildman–Crippen MR) is 85.5 cm³/mol. The SMILES string of the molecule is Cc1ccc(N(C)c2ccccc2CNC2CC2)cc1. The van der Waals surface area contributed by atoms with Crippen molar-refractivity contribution < 1.29 is 0 Å². The summed E-state index contributed by atoms with van der Waals surface area (Å²) in [5.41, 5.74) is 5.17. The van der Waals surface area contributed by atoms with Gasteiger partial charge in [0.15, 0.2) is 0 Å². The first-order valence-corrected chi connectivity index (χ1v) is 7.36. The lowest BCUT2D eigenvalue weighted by atomic mass is 10.1. The minimum atomic E-state index is 0.743. The van der Waals surface area contributed by atoms with E-state index in [1.807, 2.05) is 0 Å². The fourth-order valence-corrected chi connectivity index (χ4v) is 2.44. The van der Waals surface area contributed by atoms with Gasteiger partial charge in [-0.15, -0.1) is 0 Å². The van der Waals surface area contributed by atoms with Gasteiger partial charge in [0.05, 0.1) is 0 Å². The van der Waals surface area contributed by atoms with Crippen LogP contribution >= 0.6 is 0 Å². The number of nitrogens with zero attached hydrogens (tertiary/aromatic N) is 1. The highest BCUT2D eigenvalue weighted by Crippen LogP contribution is 2.28. The van der Waals surface area contributed by atoms with Gasteiger partial charge in [0, 0.05) is 31.0 Å². The third-order valence-corrected chi connectivity index (χ3v) is 3.93. The van der Waals surface area contributed by atoms with Gasteiger partial charge in [0.25, 0.3) is 0 Å². The molecule has 104 valence electrons. The molecule has 0 aromatic heterocycles. The minimum Gasteiger partial charge on any atom is -0.344 e. The molecule has 2 heteroatoms. The van der Waals surface area contributed by atoms with Gasteiger partial charge in [-0.2, -0.15) is 0 Å². The van der Waals surface area contributed by atoms with E-state index in [0.717, 1.165) is 12.6 Å². The molecule has 2 nitrogen and oxygen atoms in total. The van der Waals surface area contributed by atoms with Gasteiger partial charge in [-0.1, -0.05) is 35.9 Å². The van der Waals surface area contributed by atoms with Crippen LogP contribution in [0.15, 0.2) is 48.5 Å². The Kier molecular flexibility index (Phi) is 3.75. The summed E-state index contributed by atoms with van der Waals surface area (Å²) in [5, 5.41) is 3.60. The molecule has 0 amide bonds. The molecule has 0 bridgehead atoms. The fourth-order valence-electron chi connectivity index (χ4n) is 2.44. The number of aryl methyl sites for hydroxylation is 1. The zero-order chi connectivity index (χ0) is 13.9. The normalized spacial score (nSPS) is 14.3. The van der Waals surface area contributed by atoms with E-state index >= 15 is 0 Å². The number of nitrogens with one attached hydrogen (secondary N) is 1. The van der Waals surface area contributed by atoms with Crippen LogP contribution in [0.4, 0.5) is 11.4 Å². The van der Waals surface area contributed by atoms with E-state index in [2.05, 4.69) is 72.7 Å². The summed E-state index contributed by atoms with van der Waals surface area (Å²) in [5.74, 6) is 0. The highest BCUT2D eigenvalue weighted by atomic mass is 15.1. The van der Waals surface area contributed by atoms with Gasteiger partial charge in [-0.05, 0) is 43.5 Å². The second-order valence-electron chi connectivity index (χ2n) is 5.68. The Hall–Kier alpha value is -1.80. The first-order chi connectivity index (χ1) is 9.74. The first-order valence-electron chi connectivity index (χ1n) is 7.36. The Morgan fingerprint density at radius 2 is 1.75 bits per heavy atom. The van der Waals surface area contributed by atoms with Crippen LogP contribution in [-0.4, -0.2) is 13.1 Å². The van der Waals surface area contributed by atoms with Crippen molar-refractivity contribution in [2.24, 2.45) is 0 Å². The Morgan fingerprint density at radius 3 is 2.45 bits per heavy atom. The number of hydrogen-bond acceptors (Lipinski definition) is 2. The van der Waals surface area contributed by atoms with Crippen LogP contribution in [0.1, 0.15) is 24.0 Å². The summed E-state index contributed by atoms with van der Waals surface area (Å²) in [7, 11) is 2.14. The van der Waals surface area contributed by atoms with Crippen molar-refractivity contribution >= 4 is 11.4 Å². The molecule has 0 aliphatic heterocycles. The summed E-state index contributed by atoms with van der Waals surface area (Å²) in [4.78, 5) is 2.27. The maximum atomic E-state index is 3.60. The zero-order valence-corrected chi connectivity index (χ0v) is 12.3. The highest BCUT2D eigenvalue weighted by molar-refractivity contribution is 5.65. The lowest BCUT2D eigenvalue weighted by molar-refractivity contribution is 0.687. The van der Waals surface area contributed by atoms with E-state index < -0.39 is 0 Å². The van der Waals surface area contributed by atoms with Gasteiger partial charge in [-0.25, -0.2) is 0 Å². The average molecular weight is 266 g/mol. The van der Waals surface area contributed by atoms with Crippen LogP contribution in [0.5, 0.6) is 0 Å². The van der Waals surface area contributed by atoms with Crippen molar-refractivity contribution in [2.45, 2.75) is 32.4 Å². The third-order valence-electron chi connectivity index (χ3n) is 3.93. The molecule has 0 heterocycles. The molecule has 0 unspecified atom stereocenters. The Balaban J connectivity index is 1.82. The molecule has 1 aliphatic carbocycles. The number of benzene rings is 2. The van der Waals surface area contributed by atoms with Gasteiger partial charge in [0.1, 0.15) is 0 Å². The second kappa shape index (κ2) is 5.68. The van der Waals surface area contributed by atoms with Crippen LogP contribution in [0.2, 0.25) is 0 Å². The zero-order valence-electron chi connectivity index (χ0n) is 12.3. The molecular weight excluding hydrogens is 244 g/mol. The van der Waals surface area contributed by atoms with Crippen molar-refractivity contribution in [1.82, 2.24) is 5.32 Å². The Morgan fingerprint density at radius 1 is 1.05 bits per heavy atom. The number of rotatable bonds is 5. The summed E-state index contributed by atoms with van der Waals surface area (Å²) in [6.45, 7) is 3.08. The van der Waals surface area contributed by atoms with Crippen molar-refractivity contribution in [2.75, 3.05) is 11.9 Å². The van der Waals surface area contributed by atoms with Crippen molar-refractivity contribution in [1.29, 1.82) is 0 Å². The molecule has 1 fully saturated rings. The molecule has 2 aromatic carbocycles. The van der Waals surface area contributed by atoms with E-state index in [4.69, 9.17) is 0 Å². The smallest absolute Gasteiger partial charge is 0.0453 e. The van der Waals surface area contributed by atoms with Crippen LogP contribution in [0.3, 0.4) is 0 Å². The largest absolute Gasteiger partial charge is 0.344 e. The van der Waals surface area contributed by atoms with Crippen LogP contribution in [0, 0.1) is 6.92 Å². The van der Waals surface area contributed by atoms with E-state index in [1.54, 1.807) is 0 Å². The first kappa shape index (κ1) is 13.2. The van der Waals surface area contributed by atoms with E-state index in [-0.39, 0.29) is 0 Å². The van der Waals surface area contributed by atoms with Crippen LogP contribution < -0.4 is 10.2 Å². The van der Waals surface area contributed by atoms with E-state index in [1.165, 1.54) is 35.3 Å². The van der Waals surface area contributed by atoms with Gasteiger partial charge in [-0.3, -0.25) is 0 Å². The molecule has 2 aromatic rings. The van der Waals surface area contributed by atoms with Gasteiger partial charge >= 0.3 is 0 Å². The third kappa shape index (κ3) is 3.02. The average Bonchev–Trinajstić information content (AvgIpc) is 3.30. The van der Waals surface area contributed by atoms with Crippen LogP contribution in [0.25, 0.3) is 0 Å². The van der Waals surface area contributed by atoms with Crippen LogP contribution in [-0.2, 0) is 6.54 Å². The minimum absolute atomic E-state index is 0.743. The maximum absolute atomic E-state index is 3.60. The number of para-hydroxylation sites is 1. The summed E-state index contributed by atoms with van der Waals surface area (Å²) in [6, 6.07) is 18.1. The molecule has 1 aliphatic rings. The fraction of sp³-hybridized carbons (Fsp3) is 0.333. The molecule has 0 atom stereocenters. The van der Waals surface area contributed by atoms with Crippen molar-refractivity contribution in [3.05, 3.63) is 59.7 Å². The molecule has 1 saturated carbocycles. The standard InChI is InChI=1S/C18H22N2/c1-14-7-11-17(12-8-14)20(2)18-6-4-3-5-15(18)13-19-16-9-10-16/h3-8,11-12,16,19H,9-10,13H2,1-2H3. The van der Waals surface area contributed by atoms with Crippen molar-refractivity contribution in [3.63, 3.8) is 0 Å². The number of anilines is 2. The Labute approximate surface area is 121 Å². The van der Waals surface area contributed by atoms with Crippen molar-refractivity contribution in [3.8, 4) is 0 Å². The molecular formula is C18H22N2. The molecule has 20 heavy (non-hydrogen) atoms.